The average Bonchev–Trinajstić information content (AvgIpc) is 2.24. The van der Waals surface area contributed by atoms with Gasteiger partial charge in [0.05, 0.1) is 6.54 Å². The summed E-state index contributed by atoms with van der Waals surface area (Å²) in [4.78, 5) is 22.0. The SMILES string of the molecule is O=c1ccn(Cc2ccccc2)c(=O)o1. The van der Waals surface area contributed by atoms with E-state index >= 15 is 0 Å². The molecule has 0 atom stereocenters. The maximum Gasteiger partial charge on any atom is 0.422 e. The van der Waals surface area contributed by atoms with E-state index in [1.54, 1.807) is 0 Å². The summed E-state index contributed by atoms with van der Waals surface area (Å²) in [6, 6.07) is 10.7. The van der Waals surface area contributed by atoms with E-state index in [1.165, 1.54) is 16.8 Å². The lowest BCUT2D eigenvalue weighted by Crippen LogP contribution is -2.23. The van der Waals surface area contributed by atoms with E-state index in [1.807, 2.05) is 30.3 Å². The summed E-state index contributed by atoms with van der Waals surface area (Å²) in [5.41, 5.74) is 0.359. The highest BCUT2D eigenvalue weighted by Gasteiger charge is 1.98. The van der Waals surface area contributed by atoms with Crippen LogP contribution in [0.2, 0.25) is 0 Å². The molecule has 0 fully saturated rings. The molecule has 0 aliphatic heterocycles. The monoisotopic (exact) mass is 203 g/mol. The summed E-state index contributed by atoms with van der Waals surface area (Å²) >= 11 is 0. The van der Waals surface area contributed by atoms with Crippen LogP contribution in [0, 0.1) is 0 Å². The molecule has 1 heterocycles. The van der Waals surface area contributed by atoms with Crippen LogP contribution in [0.15, 0.2) is 56.6 Å². The lowest BCUT2D eigenvalue weighted by Gasteiger charge is -2.02. The van der Waals surface area contributed by atoms with Crippen molar-refractivity contribution in [3.63, 3.8) is 0 Å². The van der Waals surface area contributed by atoms with Gasteiger partial charge in [0, 0.05) is 12.3 Å². The molecule has 4 nitrogen and oxygen atoms in total. The third-order valence-corrected chi connectivity index (χ3v) is 2.01. The molecule has 2 rings (SSSR count). The van der Waals surface area contributed by atoms with Crippen molar-refractivity contribution in [1.82, 2.24) is 4.57 Å². The molecule has 0 amide bonds. The highest BCUT2D eigenvalue weighted by molar-refractivity contribution is 5.14. The predicted molar refractivity (Wildman–Crippen MR) is 54.8 cm³/mol. The van der Waals surface area contributed by atoms with Gasteiger partial charge in [-0.1, -0.05) is 30.3 Å². The Labute approximate surface area is 85.4 Å². The summed E-state index contributed by atoms with van der Waals surface area (Å²) in [5.74, 6) is -0.633. The minimum Gasteiger partial charge on any atom is -0.373 e. The van der Waals surface area contributed by atoms with E-state index in [0.717, 1.165) is 5.56 Å². The van der Waals surface area contributed by atoms with Gasteiger partial charge in [-0.05, 0) is 5.56 Å². The third kappa shape index (κ3) is 2.22. The molecule has 0 saturated heterocycles. The first-order valence-corrected chi connectivity index (χ1v) is 4.50. The molecule has 0 bridgehead atoms. The zero-order chi connectivity index (χ0) is 10.7. The van der Waals surface area contributed by atoms with Gasteiger partial charge in [0.25, 0.3) is 0 Å². The van der Waals surface area contributed by atoms with Crippen LogP contribution < -0.4 is 11.4 Å². The fraction of sp³-hybridized carbons (Fsp3) is 0.0909. The van der Waals surface area contributed by atoms with E-state index in [2.05, 4.69) is 4.42 Å². The summed E-state index contributed by atoms with van der Waals surface area (Å²) in [5, 5.41) is 0. The summed E-state index contributed by atoms with van der Waals surface area (Å²) in [7, 11) is 0. The molecular formula is C11H9NO3. The lowest BCUT2D eigenvalue weighted by molar-refractivity contribution is 0.410. The van der Waals surface area contributed by atoms with Crippen LogP contribution in [0.5, 0.6) is 0 Å². The van der Waals surface area contributed by atoms with Crippen LogP contribution in [0.1, 0.15) is 5.56 Å². The van der Waals surface area contributed by atoms with Crippen molar-refractivity contribution in [1.29, 1.82) is 0 Å². The first-order valence-electron chi connectivity index (χ1n) is 4.50. The van der Waals surface area contributed by atoms with E-state index in [0.29, 0.717) is 6.54 Å². The molecule has 0 aliphatic rings. The van der Waals surface area contributed by atoms with Crippen molar-refractivity contribution in [3.05, 3.63) is 69.1 Å². The van der Waals surface area contributed by atoms with Gasteiger partial charge in [-0.2, -0.15) is 0 Å². The molecule has 0 aliphatic carbocycles. The van der Waals surface area contributed by atoms with Crippen LogP contribution in [0.25, 0.3) is 0 Å². The normalized spacial score (nSPS) is 10.1. The summed E-state index contributed by atoms with van der Waals surface area (Å²) in [6.07, 6.45) is 1.43. The predicted octanol–water partition coefficient (Wildman–Crippen LogP) is 0.850. The zero-order valence-corrected chi connectivity index (χ0v) is 7.92. The summed E-state index contributed by atoms with van der Waals surface area (Å²) in [6.45, 7) is 0.406. The van der Waals surface area contributed by atoms with Crippen molar-refractivity contribution < 1.29 is 4.42 Å². The fourth-order valence-corrected chi connectivity index (χ4v) is 1.29. The maximum atomic E-state index is 11.2. The van der Waals surface area contributed by atoms with Crippen LogP contribution in [0.3, 0.4) is 0 Å². The van der Waals surface area contributed by atoms with Crippen LogP contribution in [-0.4, -0.2) is 4.57 Å². The van der Waals surface area contributed by atoms with Gasteiger partial charge in [-0.3, -0.25) is 4.57 Å². The standard InChI is InChI=1S/C11H9NO3/c13-10-6-7-12(11(14)15-10)8-9-4-2-1-3-5-9/h1-7H,8H2. The lowest BCUT2D eigenvalue weighted by atomic mass is 10.2. The van der Waals surface area contributed by atoms with Crippen molar-refractivity contribution in [2.24, 2.45) is 0 Å². The van der Waals surface area contributed by atoms with Gasteiger partial charge in [-0.25, -0.2) is 9.59 Å². The second kappa shape index (κ2) is 3.96. The number of rotatable bonds is 2. The topological polar surface area (TPSA) is 52.2 Å². The Kier molecular flexibility index (Phi) is 2.49. The fourth-order valence-electron chi connectivity index (χ4n) is 1.29. The van der Waals surface area contributed by atoms with E-state index in [4.69, 9.17) is 0 Å². The summed E-state index contributed by atoms with van der Waals surface area (Å²) < 4.78 is 5.78. The van der Waals surface area contributed by atoms with Crippen LogP contribution in [-0.2, 0) is 6.54 Å². The van der Waals surface area contributed by atoms with Gasteiger partial charge in [-0.15, -0.1) is 0 Å². The molecule has 2 aromatic rings. The number of nitrogens with zero attached hydrogens (tertiary/aromatic N) is 1. The molecule has 0 saturated carbocycles. The van der Waals surface area contributed by atoms with Gasteiger partial charge >= 0.3 is 11.4 Å². The van der Waals surface area contributed by atoms with Crippen molar-refractivity contribution in [2.45, 2.75) is 6.54 Å². The van der Waals surface area contributed by atoms with Crippen LogP contribution in [0.4, 0.5) is 0 Å². The Balaban J connectivity index is 2.33. The van der Waals surface area contributed by atoms with E-state index in [-0.39, 0.29) is 0 Å². The second-order valence-corrected chi connectivity index (χ2v) is 3.12. The Morgan fingerprint density at radius 1 is 1.07 bits per heavy atom. The Bertz CT molecular complexity index is 554. The Morgan fingerprint density at radius 3 is 2.47 bits per heavy atom. The third-order valence-electron chi connectivity index (χ3n) is 2.01. The van der Waals surface area contributed by atoms with Gasteiger partial charge in [0.1, 0.15) is 0 Å². The van der Waals surface area contributed by atoms with Crippen LogP contribution >= 0.6 is 0 Å². The Hall–Kier alpha value is -2.10. The van der Waals surface area contributed by atoms with E-state index < -0.39 is 11.4 Å². The van der Waals surface area contributed by atoms with Gasteiger partial charge in [0.15, 0.2) is 0 Å². The van der Waals surface area contributed by atoms with E-state index in [9.17, 15) is 9.59 Å². The molecule has 15 heavy (non-hydrogen) atoms. The molecular weight excluding hydrogens is 194 g/mol. The largest absolute Gasteiger partial charge is 0.422 e. The van der Waals surface area contributed by atoms with Gasteiger partial charge in [0.2, 0.25) is 0 Å². The molecule has 0 spiro atoms. The molecule has 4 heteroatoms. The molecule has 0 unspecified atom stereocenters. The highest BCUT2D eigenvalue weighted by atomic mass is 16.4. The quantitative estimate of drug-likeness (QED) is 0.727. The first-order chi connectivity index (χ1) is 7.25. The number of hydrogen-bond acceptors (Lipinski definition) is 3. The molecule has 76 valence electrons. The van der Waals surface area contributed by atoms with Crippen molar-refractivity contribution in [2.75, 3.05) is 0 Å². The number of benzene rings is 1. The molecule has 0 N–H and O–H groups in total. The van der Waals surface area contributed by atoms with Crippen molar-refractivity contribution >= 4 is 0 Å². The number of hydrogen-bond donors (Lipinski definition) is 0. The first kappa shape index (κ1) is 9.45. The minimum absolute atomic E-state index is 0.406. The zero-order valence-electron chi connectivity index (χ0n) is 7.92. The Morgan fingerprint density at radius 2 is 1.80 bits per heavy atom. The smallest absolute Gasteiger partial charge is 0.373 e. The molecule has 0 radical (unpaired) electrons. The average molecular weight is 203 g/mol. The molecule has 1 aromatic heterocycles. The minimum atomic E-state index is -0.633. The number of aromatic nitrogens is 1. The highest BCUT2D eigenvalue weighted by Crippen LogP contribution is 1.99. The maximum absolute atomic E-state index is 11.2. The van der Waals surface area contributed by atoms with Gasteiger partial charge < -0.3 is 4.42 Å². The molecule has 1 aromatic carbocycles. The second-order valence-electron chi connectivity index (χ2n) is 3.12. The van der Waals surface area contributed by atoms with Crippen molar-refractivity contribution in [3.8, 4) is 0 Å².